The number of hydrogen-bond acceptors (Lipinski definition) is 4. The SMILES string of the molecule is O=[N+]([O-])c1ccc(NC2CCCSC2)c(F)c1. The lowest BCUT2D eigenvalue weighted by molar-refractivity contribution is -0.385. The summed E-state index contributed by atoms with van der Waals surface area (Å²) < 4.78 is 13.6. The molecule has 92 valence electrons. The van der Waals surface area contributed by atoms with E-state index in [-0.39, 0.29) is 11.7 Å². The summed E-state index contributed by atoms with van der Waals surface area (Å²) in [6.45, 7) is 0. The molecule has 0 radical (unpaired) electrons. The van der Waals surface area contributed by atoms with Crippen LogP contribution in [-0.2, 0) is 0 Å². The van der Waals surface area contributed by atoms with Crippen molar-refractivity contribution < 1.29 is 9.31 Å². The maximum atomic E-state index is 13.6. The maximum Gasteiger partial charge on any atom is 0.272 e. The van der Waals surface area contributed by atoms with Crippen molar-refractivity contribution >= 4 is 23.1 Å². The number of nitrogens with zero attached hydrogens (tertiary/aromatic N) is 1. The molecule has 0 spiro atoms. The van der Waals surface area contributed by atoms with Gasteiger partial charge in [-0.2, -0.15) is 11.8 Å². The van der Waals surface area contributed by atoms with Gasteiger partial charge in [-0.05, 0) is 24.7 Å². The van der Waals surface area contributed by atoms with E-state index in [2.05, 4.69) is 5.32 Å². The number of thioether (sulfide) groups is 1. The van der Waals surface area contributed by atoms with Crippen LogP contribution in [0.2, 0.25) is 0 Å². The number of nitro benzene ring substituents is 1. The Kier molecular flexibility index (Phi) is 3.83. The molecule has 1 aliphatic heterocycles. The number of non-ortho nitro benzene ring substituents is 1. The molecule has 2 rings (SSSR count). The summed E-state index contributed by atoms with van der Waals surface area (Å²) in [5, 5.41) is 13.6. The molecule has 0 bridgehead atoms. The van der Waals surface area contributed by atoms with Crippen LogP contribution in [0.25, 0.3) is 0 Å². The zero-order valence-electron chi connectivity index (χ0n) is 9.19. The van der Waals surface area contributed by atoms with Crippen LogP contribution in [0, 0.1) is 15.9 Å². The van der Waals surface area contributed by atoms with E-state index >= 15 is 0 Å². The van der Waals surface area contributed by atoms with Crippen LogP contribution >= 0.6 is 11.8 Å². The van der Waals surface area contributed by atoms with Gasteiger partial charge in [-0.3, -0.25) is 10.1 Å². The Bertz CT molecular complexity index is 422. The number of benzene rings is 1. The molecule has 1 saturated heterocycles. The van der Waals surface area contributed by atoms with Crippen molar-refractivity contribution in [1.29, 1.82) is 0 Å². The Morgan fingerprint density at radius 1 is 1.53 bits per heavy atom. The number of nitrogens with one attached hydrogen (secondary N) is 1. The molecule has 6 heteroatoms. The van der Waals surface area contributed by atoms with Gasteiger partial charge in [0.1, 0.15) is 0 Å². The Hall–Kier alpha value is -1.30. The fraction of sp³-hybridized carbons (Fsp3) is 0.455. The second-order valence-corrected chi connectivity index (χ2v) is 5.13. The van der Waals surface area contributed by atoms with E-state index < -0.39 is 10.7 Å². The molecule has 1 unspecified atom stereocenters. The van der Waals surface area contributed by atoms with Gasteiger partial charge in [-0.25, -0.2) is 4.39 Å². The topological polar surface area (TPSA) is 55.2 Å². The molecule has 0 aromatic heterocycles. The quantitative estimate of drug-likeness (QED) is 0.667. The largest absolute Gasteiger partial charge is 0.379 e. The van der Waals surface area contributed by atoms with Gasteiger partial charge < -0.3 is 5.32 Å². The lowest BCUT2D eigenvalue weighted by atomic mass is 10.1. The Morgan fingerprint density at radius 3 is 2.94 bits per heavy atom. The number of rotatable bonds is 3. The van der Waals surface area contributed by atoms with Crippen LogP contribution in [-0.4, -0.2) is 22.5 Å². The standard InChI is InChI=1S/C11H13FN2O2S/c12-10-6-9(14(15)16)3-4-11(10)13-8-2-1-5-17-7-8/h3-4,6,8,13H,1-2,5,7H2. The first-order chi connectivity index (χ1) is 8.16. The van der Waals surface area contributed by atoms with Crippen molar-refractivity contribution in [3.05, 3.63) is 34.1 Å². The van der Waals surface area contributed by atoms with Gasteiger partial charge in [0.2, 0.25) is 0 Å². The molecule has 17 heavy (non-hydrogen) atoms. The van der Waals surface area contributed by atoms with Gasteiger partial charge in [-0.1, -0.05) is 0 Å². The third-order valence-electron chi connectivity index (χ3n) is 2.68. The molecule has 1 aromatic carbocycles. The Balaban J connectivity index is 2.08. The van der Waals surface area contributed by atoms with E-state index in [1.807, 2.05) is 11.8 Å². The van der Waals surface area contributed by atoms with Gasteiger partial charge >= 0.3 is 0 Å². The highest BCUT2D eigenvalue weighted by Crippen LogP contribution is 2.24. The lowest BCUT2D eigenvalue weighted by Gasteiger charge is -2.23. The van der Waals surface area contributed by atoms with E-state index in [4.69, 9.17) is 0 Å². The van der Waals surface area contributed by atoms with Crippen molar-refractivity contribution in [2.45, 2.75) is 18.9 Å². The van der Waals surface area contributed by atoms with Crippen LogP contribution in [0.15, 0.2) is 18.2 Å². The normalized spacial score (nSPS) is 19.9. The molecule has 0 aliphatic carbocycles. The highest BCUT2D eigenvalue weighted by atomic mass is 32.2. The molecule has 1 heterocycles. The van der Waals surface area contributed by atoms with Crippen LogP contribution in [0.3, 0.4) is 0 Å². The molecular weight excluding hydrogens is 243 g/mol. The van der Waals surface area contributed by atoms with Gasteiger partial charge in [0.05, 0.1) is 16.7 Å². The predicted octanol–water partition coefficient (Wildman–Crippen LogP) is 3.04. The first-order valence-electron chi connectivity index (χ1n) is 5.45. The van der Waals surface area contributed by atoms with Crippen molar-refractivity contribution in [3.63, 3.8) is 0 Å². The fourth-order valence-corrected chi connectivity index (χ4v) is 2.88. The molecule has 0 saturated carbocycles. The summed E-state index contributed by atoms with van der Waals surface area (Å²) in [4.78, 5) is 9.88. The summed E-state index contributed by atoms with van der Waals surface area (Å²) >= 11 is 1.84. The molecule has 1 aliphatic rings. The Morgan fingerprint density at radius 2 is 2.35 bits per heavy atom. The Labute approximate surface area is 103 Å². The number of nitro groups is 1. The predicted molar refractivity (Wildman–Crippen MR) is 67.0 cm³/mol. The molecule has 1 fully saturated rings. The first-order valence-corrected chi connectivity index (χ1v) is 6.60. The molecular formula is C11H13FN2O2S. The van der Waals surface area contributed by atoms with Crippen molar-refractivity contribution in [3.8, 4) is 0 Å². The van der Waals surface area contributed by atoms with E-state index in [0.29, 0.717) is 5.69 Å². The average molecular weight is 256 g/mol. The summed E-state index contributed by atoms with van der Waals surface area (Å²) in [5.74, 6) is 1.55. The van der Waals surface area contributed by atoms with E-state index in [9.17, 15) is 14.5 Å². The number of hydrogen-bond donors (Lipinski definition) is 1. The number of halogens is 1. The van der Waals surface area contributed by atoms with Gasteiger partial charge in [0, 0.05) is 17.9 Å². The highest BCUT2D eigenvalue weighted by molar-refractivity contribution is 7.99. The molecule has 1 N–H and O–H groups in total. The van der Waals surface area contributed by atoms with Crippen LogP contribution < -0.4 is 5.32 Å². The molecule has 4 nitrogen and oxygen atoms in total. The summed E-state index contributed by atoms with van der Waals surface area (Å²) in [6.07, 6.45) is 2.14. The number of anilines is 1. The van der Waals surface area contributed by atoms with Crippen LogP contribution in [0.5, 0.6) is 0 Å². The van der Waals surface area contributed by atoms with Gasteiger partial charge in [0.15, 0.2) is 5.82 Å². The summed E-state index contributed by atoms with van der Waals surface area (Å²) in [6, 6.07) is 3.97. The minimum Gasteiger partial charge on any atom is -0.379 e. The third kappa shape index (κ3) is 3.09. The van der Waals surface area contributed by atoms with Gasteiger partial charge in [-0.15, -0.1) is 0 Å². The molecule has 1 aromatic rings. The fourth-order valence-electron chi connectivity index (χ4n) is 1.81. The van der Waals surface area contributed by atoms with Crippen LogP contribution in [0.1, 0.15) is 12.8 Å². The van der Waals surface area contributed by atoms with Crippen molar-refractivity contribution in [1.82, 2.24) is 0 Å². The minimum atomic E-state index is -0.594. The summed E-state index contributed by atoms with van der Waals surface area (Å²) in [7, 11) is 0. The smallest absolute Gasteiger partial charge is 0.272 e. The monoisotopic (exact) mass is 256 g/mol. The third-order valence-corrected chi connectivity index (χ3v) is 3.90. The highest BCUT2D eigenvalue weighted by Gasteiger charge is 2.16. The maximum absolute atomic E-state index is 13.6. The first kappa shape index (κ1) is 12.2. The van der Waals surface area contributed by atoms with Crippen molar-refractivity contribution in [2.24, 2.45) is 0 Å². The van der Waals surface area contributed by atoms with E-state index in [1.165, 1.54) is 12.1 Å². The molecule has 0 amide bonds. The van der Waals surface area contributed by atoms with Crippen molar-refractivity contribution in [2.75, 3.05) is 16.8 Å². The second kappa shape index (κ2) is 5.35. The molecule has 1 atom stereocenters. The van der Waals surface area contributed by atoms with E-state index in [0.717, 1.165) is 30.4 Å². The summed E-state index contributed by atoms with van der Waals surface area (Å²) in [5.41, 5.74) is 0.133. The minimum absolute atomic E-state index is 0.217. The van der Waals surface area contributed by atoms with Crippen LogP contribution in [0.4, 0.5) is 15.8 Å². The zero-order chi connectivity index (χ0) is 12.3. The van der Waals surface area contributed by atoms with E-state index in [1.54, 1.807) is 0 Å². The average Bonchev–Trinajstić information content (AvgIpc) is 2.33. The second-order valence-electron chi connectivity index (χ2n) is 3.98. The zero-order valence-corrected chi connectivity index (χ0v) is 10.0. The van der Waals surface area contributed by atoms with Gasteiger partial charge in [0.25, 0.3) is 5.69 Å². The lowest BCUT2D eigenvalue weighted by Crippen LogP contribution is -2.26.